The Hall–Kier alpha value is -1.25. The highest BCUT2D eigenvalue weighted by Crippen LogP contribution is 2.72. The van der Waals surface area contributed by atoms with Crippen LogP contribution in [-0.4, -0.2) is 66.1 Å². The topological polar surface area (TPSA) is 124 Å². The van der Waals surface area contributed by atoms with Gasteiger partial charge in [0.15, 0.2) is 5.78 Å². The molecule has 0 aromatic heterocycles. The largest absolute Gasteiger partial charge is 0.455 e. The summed E-state index contributed by atoms with van der Waals surface area (Å²) in [4.78, 5) is 24.6. The van der Waals surface area contributed by atoms with Crippen LogP contribution in [0.3, 0.4) is 0 Å². The lowest BCUT2D eigenvalue weighted by Crippen LogP contribution is -2.75. The van der Waals surface area contributed by atoms with Crippen molar-refractivity contribution in [2.45, 2.75) is 113 Å². The van der Waals surface area contributed by atoms with Crippen LogP contribution in [0.4, 0.5) is 0 Å². The van der Waals surface area contributed by atoms with Gasteiger partial charge in [0.25, 0.3) is 0 Å². The van der Waals surface area contributed by atoms with Crippen molar-refractivity contribution in [3.05, 3.63) is 23.3 Å². The zero-order chi connectivity index (χ0) is 26.7. The average Bonchev–Trinajstić information content (AvgIpc) is 3.03. The van der Waals surface area contributed by atoms with Crippen molar-refractivity contribution in [1.29, 1.82) is 0 Å². The molecule has 3 saturated carbocycles. The third kappa shape index (κ3) is 2.79. The molecule has 0 aromatic rings. The number of aliphatic hydroxyl groups is 4. The van der Waals surface area contributed by atoms with Gasteiger partial charge in [-0.05, 0) is 77.2 Å². The number of ether oxygens (including phenoxy) is 1. The molecule has 36 heavy (non-hydrogen) atoms. The molecule has 8 heteroatoms. The Labute approximate surface area is 217 Å². The highest BCUT2D eigenvalue weighted by atomic mass is 35.5. The van der Waals surface area contributed by atoms with Crippen LogP contribution in [0.2, 0.25) is 0 Å². The lowest BCUT2D eigenvalue weighted by atomic mass is 9.42. The second kappa shape index (κ2) is 7.66. The van der Waals surface area contributed by atoms with Crippen LogP contribution < -0.4 is 0 Å². The quantitative estimate of drug-likeness (QED) is 0.324. The number of carbonyl (C=O) groups is 2. The molecule has 5 rings (SSSR count). The highest BCUT2D eigenvalue weighted by molar-refractivity contribution is 6.28. The average molecular weight is 523 g/mol. The third-order valence-corrected chi connectivity index (χ3v) is 12.5. The van der Waals surface area contributed by atoms with Gasteiger partial charge in [0.1, 0.15) is 17.3 Å². The van der Waals surface area contributed by atoms with Crippen LogP contribution in [0.5, 0.6) is 0 Å². The Kier molecular flexibility index (Phi) is 5.61. The van der Waals surface area contributed by atoms with Gasteiger partial charge < -0.3 is 25.2 Å². The van der Waals surface area contributed by atoms with E-state index in [1.807, 2.05) is 13.8 Å². The fourth-order valence-electron chi connectivity index (χ4n) is 8.91. The van der Waals surface area contributed by atoms with Crippen molar-refractivity contribution in [2.24, 2.45) is 22.7 Å². The van der Waals surface area contributed by atoms with E-state index in [9.17, 15) is 30.0 Å². The second-order valence-electron chi connectivity index (χ2n) is 12.8. The molecule has 1 heterocycles. The van der Waals surface area contributed by atoms with Gasteiger partial charge in [0.2, 0.25) is 0 Å². The lowest BCUT2D eigenvalue weighted by molar-refractivity contribution is -0.287. The molecular formula is C28H39ClO7. The van der Waals surface area contributed by atoms with Crippen LogP contribution in [0, 0.1) is 22.7 Å². The third-order valence-electron chi connectivity index (χ3n) is 11.7. The van der Waals surface area contributed by atoms with Gasteiger partial charge in [0, 0.05) is 17.4 Å². The van der Waals surface area contributed by atoms with E-state index in [1.54, 1.807) is 26.0 Å². The van der Waals surface area contributed by atoms with E-state index in [1.165, 1.54) is 6.92 Å². The summed E-state index contributed by atoms with van der Waals surface area (Å²) in [7, 11) is 0. The van der Waals surface area contributed by atoms with Gasteiger partial charge >= 0.3 is 5.97 Å². The Morgan fingerprint density at radius 3 is 2.42 bits per heavy atom. The van der Waals surface area contributed by atoms with Gasteiger partial charge in [-0.2, -0.15) is 0 Å². The molecule has 0 radical (unpaired) electrons. The molecule has 0 amide bonds. The molecule has 4 N–H and O–H groups in total. The van der Waals surface area contributed by atoms with Gasteiger partial charge in [-0.1, -0.05) is 25.5 Å². The number of ketones is 1. The van der Waals surface area contributed by atoms with Crippen LogP contribution in [0.25, 0.3) is 0 Å². The van der Waals surface area contributed by atoms with Crippen molar-refractivity contribution in [3.63, 3.8) is 0 Å². The van der Waals surface area contributed by atoms with Crippen LogP contribution in [-0.2, 0) is 14.3 Å². The first-order valence-electron chi connectivity index (χ1n) is 13.1. The predicted molar refractivity (Wildman–Crippen MR) is 133 cm³/mol. The minimum absolute atomic E-state index is 0.0959. The van der Waals surface area contributed by atoms with Crippen molar-refractivity contribution in [3.8, 4) is 0 Å². The Balaban J connectivity index is 1.55. The number of rotatable bonds is 2. The lowest BCUT2D eigenvalue weighted by Gasteiger charge is -2.66. The number of allylic oxidation sites excluding steroid dienone is 2. The molecule has 5 aliphatic rings. The number of halogens is 1. The van der Waals surface area contributed by atoms with Crippen LogP contribution >= 0.6 is 11.6 Å². The molecular weight excluding hydrogens is 484 g/mol. The molecule has 200 valence electrons. The standard InChI is InChI=1S/C28H39ClO7/c1-15-13-21(36-22(32)16(15)2)25(5,33)28(35)12-11-27(34)18-14-20(31)26(29)9-6-7-19(30)24(26,4)17(18)8-10-23(27,28)3/h6-7,17-18,20-21,31,33-35H,8-14H2,1-5H3. The first kappa shape index (κ1) is 26.4. The minimum atomic E-state index is -1.84. The second-order valence-corrected chi connectivity index (χ2v) is 13.5. The van der Waals surface area contributed by atoms with E-state index in [-0.39, 0.29) is 31.0 Å². The first-order valence-corrected chi connectivity index (χ1v) is 13.5. The van der Waals surface area contributed by atoms with E-state index in [0.717, 1.165) is 5.57 Å². The Morgan fingerprint density at radius 2 is 1.78 bits per heavy atom. The number of hydrogen-bond donors (Lipinski definition) is 4. The van der Waals surface area contributed by atoms with E-state index >= 15 is 0 Å². The molecule has 7 nitrogen and oxygen atoms in total. The fraction of sp³-hybridized carbons (Fsp3) is 0.786. The summed E-state index contributed by atoms with van der Waals surface area (Å²) in [6.07, 6.45) is 3.27. The molecule has 10 unspecified atom stereocenters. The number of aliphatic hydroxyl groups excluding tert-OH is 1. The van der Waals surface area contributed by atoms with E-state index in [4.69, 9.17) is 16.3 Å². The number of esters is 1. The maximum Gasteiger partial charge on any atom is 0.334 e. The minimum Gasteiger partial charge on any atom is -0.455 e. The van der Waals surface area contributed by atoms with E-state index in [2.05, 4.69) is 0 Å². The molecule has 0 bridgehead atoms. The normalized spacial score (nSPS) is 52.3. The number of alkyl halides is 1. The maximum absolute atomic E-state index is 13.3. The SMILES string of the molecule is CC1=C(C)C(=O)OC(C(C)(O)C2(O)CCC3(O)C4CC(O)C5(Cl)CC=CC(=O)C5(C)C4CCC32C)C1. The molecule has 0 aromatic carbocycles. The summed E-state index contributed by atoms with van der Waals surface area (Å²) in [5.41, 5.74) is -6.00. The smallest absolute Gasteiger partial charge is 0.334 e. The maximum atomic E-state index is 13.3. The monoisotopic (exact) mass is 522 g/mol. The van der Waals surface area contributed by atoms with E-state index in [0.29, 0.717) is 31.3 Å². The van der Waals surface area contributed by atoms with Crippen LogP contribution in [0.1, 0.15) is 79.6 Å². The van der Waals surface area contributed by atoms with Gasteiger partial charge in [-0.25, -0.2) is 4.79 Å². The summed E-state index contributed by atoms with van der Waals surface area (Å²) in [5.74, 6) is -1.44. The fourth-order valence-corrected chi connectivity index (χ4v) is 9.32. The molecule has 1 aliphatic heterocycles. The first-order chi connectivity index (χ1) is 16.5. The predicted octanol–water partition coefficient (Wildman–Crippen LogP) is 2.96. The zero-order valence-corrected chi connectivity index (χ0v) is 22.6. The highest BCUT2D eigenvalue weighted by Gasteiger charge is 2.78. The summed E-state index contributed by atoms with van der Waals surface area (Å²) < 4.78 is 5.61. The molecule has 3 fully saturated rings. The number of cyclic esters (lactones) is 1. The molecule has 10 atom stereocenters. The summed E-state index contributed by atoms with van der Waals surface area (Å²) in [5, 5.41) is 47.9. The molecule has 0 spiro atoms. The van der Waals surface area contributed by atoms with Crippen molar-refractivity contribution >= 4 is 23.4 Å². The number of fused-ring (bicyclic) bond motifs is 5. The Bertz CT molecular complexity index is 1080. The number of carbonyl (C=O) groups excluding carboxylic acids is 2. The molecule has 0 saturated heterocycles. The van der Waals surface area contributed by atoms with Crippen molar-refractivity contribution < 1.29 is 34.8 Å². The Morgan fingerprint density at radius 1 is 1.11 bits per heavy atom. The summed E-state index contributed by atoms with van der Waals surface area (Å²) in [6, 6.07) is 0. The summed E-state index contributed by atoms with van der Waals surface area (Å²) >= 11 is 7.03. The van der Waals surface area contributed by atoms with Crippen molar-refractivity contribution in [2.75, 3.05) is 0 Å². The van der Waals surface area contributed by atoms with E-state index < -0.39 is 56.6 Å². The zero-order valence-electron chi connectivity index (χ0n) is 21.8. The molecule has 4 aliphatic carbocycles. The van der Waals surface area contributed by atoms with Crippen LogP contribution in [0.15, 0.2) is 23.3 Å². The number of hydrogen-bond acceptors (Lipinski definition) is 7. The van der Waals surface area contributed by atoms with Crippen molar-refractivity contribution in [1.82, 2.24) is 0 Å². The van der Waals surface area contributed by atoms with Gasteiger partial charge in [-0.15, -0.1) is 11.6 Å². The van der Waals surface area contributed by atoms with Gasteiger partial charge in [-0.3, -0.25) is 4.79 Å². The summed E-state index contributed by atoms with van der Waals surface area (Å²) in [6.45, 7) is 8.61. The van der Waals surface area contributed by atoms with Gasteiger partial charge in [0.05, 0.1) is 22.0 Å².